The summed E-state index contributed by atoms with van der Waals surface area (Å²) in [5.41, 5.74) is 0.147. The molecule has 1 aliphatic heterocycles. The van der Waals surface area contributed by atoms with Crippen LogP contribution in [0.15, 0.2) is 23.7 Å². The molecule has 0 amide bonds. The molecule has 1 aliphatic rings. The number of aliphatic hydroxyl groups excluding tert-OH is 1. The third-order valence-corrected chi connectivity index (χ3v) is 2.39. The van der Waals surface area contributed by atoms with E-state index in [0.29, 0.717) is 6.42 Å². The summed E-state index contributed by atoms with van der Waals surface area (Å²) in [6, 6.07) is 0.0279. The average Bonchev–Trinajstić information content (AvgIpc) is 2.35. The Kier molecular flexibility index (Phi) is 4.85. The van der Waals surface area contributed by atoms with Gasteiger partial charge in [0.25, 0.3) is 5.95 Å². The van der Waals surface area contributed by atoms with E-state index < -0.39 is 5.97 Å². The van der Waals surface area contributed by atoms with Crippen LogP contribution in [0.25, 0.3) is 0 Å². The highest BCUT2D eigenvalue weighted by atomic mass is 16.6. The highest BCUT2D eigenvalue weighted by Gasteiger charge is 2.21. The van der Waals surface area contributed by atoms with Gasteiger partial charge in [0.1, 0.15) is 5.57 Å². The molecule has 5 nitrogen and oxygen atoms in total. The average molecular weight is 227 g/mol. The summed E-state index contributed by atoms with van der Waals surface area (Å²) in [7, 11) is 2.58. The molecule has 1 unspecified atom stereocenters. The molecule has 0 fully saturated rings. The predicted octanol–water partition coefficient (Wildman–Crippen LogP) is 0.884. The Morgan fingerprint density at radius 2 is 2.25 bits per heavy atom. The number of methoxy groups -OCH3 is 2. The molecule has 1 rings (SSSR count). The zero-order valence-corrected chi connectivity index (χ0v) is 9.53. The van der Waals surface area contributed by atoms with Crippen LogP contribution < -0.4 is 5.32 Å². The summed E-state index contributed by atoms with van der Waals surface area (Å²) in [5.74, 6) is -0.951. The van der Waals surface area contributed by atoms with Gasteiger partial charge in [0, 0.05) is 12.5 Å². The molecule has 1 heterocycles. The first-order valence-electron chi connectivity index (χ1n) is 5.13. The van der Waals surface area contributed by atoms with Gasteiger partial charge in [-0.25, -0.2) is 4.79 Å². The van der Waals surface area contributed by atoms with E-state index in [2.05, 4.69) is 14.8 Å². The van der Waals surface area contributed by atoms with Crippen molar-refractivity contribution in [2.45, 2.75) is 18.9 Å². The molecule has 0 radical (unpaired) electrons. The Hall–Kier alpha value is -1.49. The molecule has 90 valence electrons. The molecule has 5 heteroatoms. The summed E-state index contributed by atoms with van der Waals surface area (Å²) in [5, 5.41) is 12.7. The molecule has 0 bridgehead atoms. The number of carbonyl (C=O) groups excluding carboxylic acids is 1. The molecule has 2 N–H and O–H groups in total. The van der Waals surface area contributed by atoms with E-state index in [1.165, 1.54) is 14.2 Å². The molecule has 1 atom stereocenters. The van der Waals surface area contributed by atoms with Crippen molar-refractivity contribution in [3.8, 4) is 0 Å². The number of carbonyl (C=O) groups is 1. The first kappa shape index (κ1) is 12.6. The summed E-state index contributed by atoms with van der Waals surface area (Å²) in [6.45, 7) is 0.864. The lowest BCUT2D eigenvalue weighted by Crippen LogP contribution is -2.32. The fourth-order valence-electron chi connectivity index (χ4n) is 1.55. The zero-order valence-electron chi connectivity index (χ0n) is 9.53. The molecule has 0 aliphatic carbocycles. The third kappa shape index (κ3) is 3.27. The minimum Gasteiger partial charge on any atom is -0.481 e. The lowest BCUT2D eigenvalue weighted by atomic mass is 10.0. The van der Waals surface area contributed by atoms with E-state index in [0.717, 1.165) is 13.0 Å². The van der Waals surface area contributed by atoms with E-state index >= 15 is 0 Å². The predicted molar refractivity (Wildman–Crippen MR) is 58.8 cm³/mol. The van der Waals surface area contributed by atoms with E-state index in [1.807, 2.05) is 12.2 Å². The molecular formula is C11H17NO4. The fourth-order valence-corrected chi connectivity index (χ4v) is 1.55. The van der Waals surface area contributed by atoms with Gasteiger partial charge in [0.05, 0.1) is 14.2 Å². The number of nitrogens with one attached hydrogen (secondary N) is 1. The maximum absolute atomic E-state index is 11.4. The standard InChI is InChI=1S/C11H17NO4/c1-15-10(13)9(11(14)16-2)7-8-5-3-4-6-12-8/h3,5,8,12-13H,4,6-7H2,1-2H3/b10-9-. The number of rotatable bonds is 4. The van der Waals surface area contributed by atoms with Crippen molar-refractivity contribution in [1.29, 1.82) is 0 Å². The monoisotopic (exact) mass is 227 g/mol. The van der Waals surface area contributed by atoms with Crippen LogP contribution in [-0.4, -0.2) is 37.9 Å². The van der Waals surface area contributed by atoms with Crippen molar-refractivity contribution in [1.82, 2.24) is 5.32 Å². The first-order chi connectivity index (χ1) is 7.69. The van der Waals surface area contributed by atoms with E-state index in [1.54, 1.807) is 0 Å². The molecule has 0 saturated carbocycles. The van der Waals surface area contributed by atoms with Gasteiger partial charge in [0.15, 0.2) is 0 Å². The van der Waals surface area contributed by atoms with Gasteiger partial charge in [-0.1, -0.05) is 12.2 Å². The Morgan fingerprint density at radius 1 is 1.50 bits per heavy atom. The maximum Gasteiger partial charge on any atom is 0.341 e. The second kappa shape index (κ2) is 6.17. The van der Waals surface area contributed by atoms with Crippen LogP contribution in [-0.2, 0) is 14.3 Å². The van der Waals surface area contributed by atoms with Gasteiger partial charge in [-0.05, 0) is 13.0 Å². The van der Waals surface area contributed by atoms with E-state index in [4.69, 9.17) is 0 Å². The summed E-state index contributed by atoms with van der Waals surface area (Å²) in [6.07, 6.45) is 5.34. The van der Waals surface area contributed by atoms with Crippen molar-refractivity contribution in [2.24, 2.45) is 0 Å². The first-order valence-corrected chi connectivity index (χ1v) is 5.13. The smallest absolute Gasteiger partial charge is 0.341 e. The van der Waals surface area contributed by atoms with Crippen molar-refractivity contribution in [2.75, 3.05) is 20.8 Å². The lowest BCUT2D eigenvalue weighted by Gasteiger charge is -2.19. The van der Waals surface area contributed by atoms with Crippen LogP contribution in [0.5, 0.6) is 0 Å². The topological polar surface area (TPSA) is 67.8 Å². The third-order valence-electron chi connectivity index (χ3n) is 2.39. The quantitative estimate of drug-likeness (QED) is 0.323. The summed E-state index contributed by atoms with van der Waals surface area (Å²) >= 11 is 0. The van der Waals surface area contributed by atoms with Crippen LogP contribution >= 0.6 is 0 Å². The van der Waals surface area contributed by atoms with Crippen LogP contribution in [0.3, 0.4) is 0 Å². The zero-order chi connectivity index (χ0) is 12.0. The Labute approximate surface area is 94.7 Å². The van der Waals surface area contributed by atoms with Crippen molar-refractivity contribution in [3.05, 3.63) is 23.7 Å². The van der Waals surface area contributed by atoms with Crippen LogP contribution in [0, 0.1) is 0 Å². The molecule has 0 aromatic carbocycles. The lowest BCUT2D eigenvalue weighted by molar-refractivity contribution is -0.137. The largest absolute Gasteiger partial charge is 0.481 e. The molecular weight excluding hydrogens is 210 g/mol. The minimum atomic E-state index is -0.569. The van der Waals surface area contributed by atoms with Gasteiger partial charge >= 0.3 is 5.97 Å². The van der Waals surface area contributed by atoms with E-state index in [9.17, 15) is 9.90 Å². The maximum atomic E-state index is 11.4. The van der Waals surface area contributed by atoms with Crippen LogP contribution in [0.4, 0.5) is 0 Å². The molecule has 0 aromatic rings. The van der Waals surface area contributed by atoms with Crippen molar-refractivity contribution >= 4 is 5.97 Å². The summed E-state index contributed by atoms with van der Waals surface area (Å²) < 4.78 is 9.25. The van der Waals surface area contributed by atoms with Gasteiger partial charge in [0.2, 0.25) is 0 Å². The highest BCUT2D eigenvalue weighted by molar-refractivity contribution is 5.88. The highest BCUT2D eigenvalue weighted by Crippen LogP contribution is 2.14. The minimum absolute atomic E-state index is 0.0279. The normalized spacial score (nSPS) is 21.2. The van der Waals surface area contributed by atoms with Crippen LogP contribution in [0.1, 0.15) is 12.8 Å². The SMILES string of the molecule is COC(=O)/C(CC1C=CCCN1)=C(/O)OC. The Morgan fingerprint density at radius 3 is 2.75 bits per heavy atom. The fraction of sp³-hybridized carbons (Fsp3) is 0.545. The molecule has 0 saturated heterocycles. The number of esters is 1. The number of aliphatic hydroxyl groups is 1. The second-order valence-corrected chi connectivity index (χ2v) is 3.46. The second-order valence-electron chi connectivity index (χ2n) is 3.46. The van der Waals surface area contributed by atoms with Gasteiger partial charge < -0.3 is 19.9 Å². The Balaban J connectivity index is 2.74. The van der Waals surface area contributed by atoms with E-state index in [-0.39, 0.29) is 17.6 Å². The summed E-state index contributed by atoms with van der Waals surface area (Å²) in [4.78, 5) is 11.4. The molecule has 16 heavy (non-hydrogen) atoms. The Bertz CT molecular complexity index is 309. The number of ether oxygens (including phenoxy) is 2. The molecule has 0 aromatic heterocycles. The van der Waals surface area contributed by atoms with Gasteiger partial charge in [-0.3, -0.25) is 0 Å². The molecule has 0 spiro atoms. The van der Waals surface area contributed by atoms with Gasteiger partial charge in [-0.2, -0.15) is 0 Å². The number of hydrogen-bond donors (Lipinski definition) is 2. The van der Waals surface area contributed by atoms with Crippen LogP contribution in [0.2, 0.25) is 0 Å². The number of hydrogen-bond acceptors (Lipinski definition) is 5. The van der Waals surface area contributed by atoms with Gasteiger partial charge in [-0.15, -0.1) is 0 Å². The van der Waals surface area contributed by atoms with Crippen molar-refractivity contribution < 1.29 is 19.4 Å². The van der Waals surface area contributed by atoms with Crippen molar-refractivity contribution in [3.63, 3.8) is 0 Å².